The van der Waals surface area contributed by atoms with Crippen molar-refractivity contribution >= 4 is 35.8 Å². The van der Waals surface area contributed by atoms with E-state index in [4.69, 9.17) is 0 Å². The van der Waals surface area contributed by atoms with E-state index in [1.54, 1.807) is 4.31 Å². The van der Waals surface area contributed by atoms with Crippen molar-refractivity contribution in [3.63, 3.8) is 0 Å². The monoisotopic (exact) mass is 402 g/mol. The number of alkyl halides is 1. The molecule has 0 spiro atoms. The van der Waals surface area contributed by atoms with Crippen molar-refractivity contribution < 1.29 is 16.8 Å². The van der Waals surface area contributed by atoms with Gasteiger partial charge in [0.2, 0.25) is 10.0 Å². The highest BCUT2D eigenvalue weighted by molar-refractivity contribution is 9.09. The molecule has 0 unspecified atom stereocenters. The predicted molar refractivity (Wildman–Crippen MR) is 87.0 cm³/mol. The zero-order valence-corrected chi connectivity index (χ0v) is 15.3. The van der Waals surface area contributed by atoms with Crippen molar-refractivity contribution in [1.82, 2.24) is 9.21 Å². The molecule has 6 nitrogen and oxygen atoms in total. The van der Waals surface area contributed by atoms with Gasteiger partial charge in [0.1, 0.15) is 9.84 Å². The third kappa shape index (κ3) is 4.63. The summed E-state index contributed by atoms with van der Waals surface area (Å²) in [5.41, 5.74) is 0. The summed E-state index contributed by atoms with van der Waals surface area (Å²) < 4.78 is 49.8. The topological polar surface area (TPSA) is 74.8 Å². The lowest BCUT2D eigenvalue weighted by molar-refractivity contribution is 0.304. The van der Waals surface area contributed by atoms with E-state index in [-0.39, 0.29) is 24.3 Å². The Morgan fingerprint density at radius 3 is 2.33 bits per heavy atom. The van der Waals surface area contributed by atoms with E-state index in [0.29, 0.717) is 13.1 Å². The minimum atomic E-state index is -3.37. The molecular weight excluding hydrogens is 380 g/mol. The fourth-order valence-corrected chi connectivity index (χ4v) is 7.19. The fraction of sp³-hybridized carbons (Fsp3) is 1.00. The Labute approximate surface area is 136 Å². The number of rotatable bonds is 4. The van der Waals surface area contributed by atoms with Crippen LogP contribution in [0.3, 0.4) is 0 Å². The normalized spacial score (nSPS) is 26.5. The van der Waals surface area contributed by atoms with Gasteiger partial charge < -0.3 is 4.90 Å². The predicted octanol–water partition coefficient (Wildman–Crippen LogP) is 0.296. The molecule has 0 aliphatic carbocycles. The molecule has 0 atom stereocenters. The van der Waals surface area contributed by atoms with Crippen LogP contribution in [0.1, 0.15) is 19.3 Å². The molecule has 0 aromatic carbocycles. The van der Waals surface area contributed by atoms with Gasteiger partial charge in [0, 0.05) is 31.5 Å². The fourth-order valence-electron chi connectivity index (χ4n) is 2.92. The molecule has 0 bridgehead atoms. The number of nitrogens with zero attached hydrogens (tertiary/aromatic N) is 2. The molecule has 2 saturated heterocycles. The first-order valence-electron chi connectivity index (χ1n) is 7.33. The Kier molecular flexibility index (Phi) is 6.09. The molecule has 2 aliphatic rings. The van der Waals surface area contributed by atoms with Crippen LogP contribution in [0.4, 0.5) is 0 Å². The molecule has 0 aromatic heterocycles. The van der Waals surface area contributed by atoms with Crippen LogP contribution in [0.25, 0.3) is 0 Å². The van der Waals surface area contributed by atoms with Crippen LogP contribution in [-0.4, -0.2) is 80.9 Å². The Bertz CT molecular complexity index is 536. The van der Waals surface area contributed by atoms with E-state index in [9.17, 15) is 16.8 Å². The van der Waals surface area contributed by atoms with Crippen molar-refractivity contribution in [1.29, 1.82) is 0 Å². The van der Waals surface area contributed by atoms with Gasteiger partial charge in [-0.2, -0.15) is 0 Å². The molecule has 0 radical (unpaired) electrons. The van der Waals surface area contributed by atoms with Gasteiger partial charge in [-0.25, -0.2) is 21.1 Å². The smallest absolute Gasteiger partial charge is 0.217 e. The van der Waals surface area contributed by atoms with Gasteiger partial charge >= 0.3 is 0 Å². The van der Waals surface area contributed by atoms with E-state index in [1.807, 2.05) is 0 Å². The summed E-state index contributed by atoms with van der Waals surface area (Å²) >= 11 is 3.41. The van der Waals surface area contributed by atoms with E-state index in [0.717, 1.165) is 31.4 Å². The SMILES string of the molecule is O=S1(=O)CCC(S(=O)(=O)N2CCCN(CCBr)CC2)CC1. The first kappa shape index (κ1) is 17.7. The average Bonchev–Trinajstić information content (AvgIpc) is 2.65. The Hall–Kier alpha value is 0.300. The van der Waals surface area contributed by atoms with E-state index < -0.39 is 25.1 Å². The second kappa shape index (κ2) is 7.25. The summed E-state index contributed by atoms with van der Waals surface area (Å²) in [5.74, 6) is 0.000890. The number of sulfone groups is 1. The lowest BCUT2D eigenvalue weighted by atomic mass is 10.2. The number of hydrogen-bond donors (Lipinski definition) is 0. The van der Waals surface area contributed by atoms with E-state index >= 15 is 0 Å². The first-order chi connectivity index (χ1) is 9.85. The number of sulfonamides is 1. The molecule has 2 aliphatic heterocycles. The summed E-state index contributed by atoms with van der Waals surface area (Å²) in [6, 6.07) is 0. The summed E-state index contributed by atoms with van der Waals surface area (Å²) in [4.78, 5) is 2.26. The van der Waals surface area contributed by atoms with Gasteiger partial charge in [0.25, 0.3) is 0 Å². The maximum absolute atomic E-state index is 12.7. The quantitative estimate of drug-likeness (QED) is 0.631. The van der Waals surface area contributed by atoms with Gasteiger partial charge in [0.05, 0.1) is 16.8 Å². The van der Waals surface area contributed by atoms with Gasteiger partial charge in [-0.05, 0) is 25.8 Å². The highest BCUT2D eigenvalue weighted by atomic mass is 79.9. The average molecular weight is 403 g/mol. The lowest BCUT2D eigenvalue weighted by Crippen LogP contribution is -2.44. The van der Waals surface area contributed by atoms with Crippen LogP contribution in [0.2, 0.25) is 0 Å². The molecule has 0 saturated carbocycles. The van der Waals surface area contributed by atoms with Gasteiger partial charge in [0.15, 0.2) is 0 Å². The summed E-state index contributed by atoms with van der Waals surface area (Å²) in [6.45, 7) is 3.64. The zero-order valence-electron chi connectivity index (χ0n) is 12.1. The van der Waals surface area contributed by atoms with Crippen LogP contribution in [0, 0.1) is 0 Å². The van der Waals surface area contributed by atoms with Crippen molar-refractivity contribution in [2.75, 3.05) is 49.6 Å². The Balaban J connectivity index is 1.99. The number of hydrogen-bond acceptors (Lipinski definition) is 5. The minimum absolute atomic E-state index is 0.000445. The van der Waals surface area contributed by atoms with E-state index in [2.05, 4.69) is 20.8 Å². The van der Waals surface area contributed by atoms with Crippen molar-refractivity contribution in [3.8, 4) is 0 Å². The second-order valence-corrected chi connectivity index (χ2v) is 11.0. The van der Waals surface area contributed by atoms with Gasteiger partial charge in [-0.3, -0.25) is 0 Å². The van der Waals surface area contributed by atoms with Gasteiger partial charge in [-0.1, -0.05) is 15.9 Å². The summed E-state index contributed by atoms with van der Waals surface area (Å²) in [6.07, 6.45) is 1.32. The summed E-state index contributed by atoms with van der Waals surface area (Å²) in [5, 5.41) is 0.365. The standard InChI is InChI=1S/C12H23BrN2O4S2/c13-4-7-14-5-1-6-15(9-8-14)21(18,19)12-2-10-20(16,17)11-3-12/h12H,1-11H2. The van der Waals surface area contributed by atoms with Crippen LogP contribution in [-0.2, 0) is 19.9 Å². The van der Waals surface area contributed by atoms with Gasteiger partial charge in [-0.15, -0.1) is 0 Å². The second-order valence-electron chi connectivity index (χ2n) is 5.68. The van der Waals surface area contributed by atoms with Crippen LogP contribution in [0.5, 0.6) is 0 Å². The summed E-state index contributed by atoms with van der Waals surface area (Å²) in [7, 11) is -6.39. The van der Waals surface area contributed by atoms with Crippen LogP contribution in [0.15, 0.2) is 0 Å². The Morgan fingerprint density at radius 2 is 1.71 bits per heavy atom. The molecule has 0 N–H and O–H groups in total. The Morgan fingerprint density at radius 1 is 1.05 bits per heavy atom. The van der Waals surface area contributed by atoms with Crippen molar-refractivity contribution in [2.45, 2.75) is 24.5 Å². The first-order valence-corrected chi connectivity index (χ1v) is 11.8. The molecule has 124 valence electrons. The number of halogens is 1. The molecule has 2 rings (SSSR count). The molecule has 9 heteroatoms. The molecule has 2 heterocycles. The third-order valence-corrected chi connectivity index (χ3v) is 8.70. The zero-order chi connectivity index (χ0) is 15.5. The highest BCUT2D eigenvalue weighted by Gasteiger charge is 2.37. The molecule has 0 aromatic rings. The van der Waals surface area contributed by atoms with Crippen LogP contribution < -0.4 is 0 Å². The highest BCUT2D eigenvalue weighted by Crippen LogP contribution is 2.23. The van der Waals surface area contributed by atoms with Crippen molar-refractivity contribution in [3.05, 3.63) is 0 Å². The third-order valence-electron chi connectivity index (χ3n) is 4.23. The maximum atomic E-state index is 12.7. The minimum Gasteiger partial charge on any atom is -0.301 e. The lowest BCUT2D eigenvalue weighted by Gasteiger charge is -2.28. The maximum Gasteiger partial charge on any atom is 0.217 e. The molecule has 0 amide bonds. The van der Waals surface area contributed by atoms with Crippen LogP contribution >= 0.6 is 15.9 Å². The molecular formula is C12H23BrN2O4S2. The molecule has 2 fully saturated rings. The molecule has 21 heavy (non-hydrogen) atoms. The van der Waals surface area contributed by atoms with E-state index in [1.165, 1.54) is 0 Å². The largest absolute Gasteiger partial charge is 0.301 e. The van der Waals surface area contributed by atoms with Crippen molar-refractivity contribution in [2.24, 2.45) is 0 Å².